The maximum atomic E-state index is 12.1. The molecule has 102 valence electrons. The Hall–Kier alpha value is -2.03. The van der Waals surface area contributed by atoms with Crippen molar-refractivity contribution in [3.8, 4) is 11.8 Å². The van der Waals surface area contributed by atoms with Gasteiger partial charge in [-0.25, -0.2) is 0 Å². The summed E-state index contributed by atoms with van der Waals surface area (Å²) in [5.41, 5.74) is 0.914. The van der Waals surface area contributed by atoms with Gasteiger partial charge >= 0.3 is 10.1 Å². The smallest absolute Gasteiger partial charge is 0.339 e. The number of para-hydroxylation sites is 1. The van der Waals surface area contributed by atoms with Gasteiger partial charge in [-0.15, -0.1) is 0 Å². The van der Waals surface area contributed by atoms with E-state index in [1.165, 1.54) is 18.2 Å². The fraction of sp³-hybridized carbons (Fsp3) is 0.0714. The van der Waals surface area contributed by atoms with Gasteiger partial charge in [0.25, 0.3) is 0 Å². The van der Waals surface area contributed by atoms with Crippen molar-refractivity contribution in [1.29, 1.82) is 5.26 Å². The molecule has 0 aliphatic rings. The van der Waals surface area contributed by atoms with Crippen LogP contribution in [0.2, 0.25) is 5.02 Å². The van der Waals surface area contributed by atoms with E-state index in [1.54, 1.807) is 31.2 Å². The summed E-state index contributed by atoms with van der Waals surface area (Å²) in [6, 6.07) is 12.5. The van der Waals surface area contributed by atoms with E-state index >= 15 is 0 Å². The summed E-state index contributed by atoms with van der Waals surface area (Å²) in [4.78, 5) is -0.0928. The number of hydrogen-bond acceptors (Lipinski definition) is 4. The molecule has 6 heteroatoms. The minimum absolute atomic E-state index is 0.0713. The first-order valence-electron chi connectivity index (χ1n) is 5.64. The van der Waals surface area contributed by atoms with Crippen molar-refractivity contribution in [2.75, 3.05) is 0 Å². The van der Waals surface area contributed by atoms with E-state index in [-0.39, 0.29) is 21.2 Å². The minimum atomic E-state index is -3.98. The summed E-state index contributed by atoms with van der Waals surface area (Å²) < 4.78 is 29.4. The van der Waals surface area contributed by atoms with Gasteiger partial charge in [0.1, 0.15) is 16.7 Å². The predicted octanol–water partition coefficient (Wildman–Crippen LogP) is 3.29. The van der Waals surface area contributed by atoms with Crippen LogP contribution in [0.5, 0.6) is 5.75 Å². The number of aryl methyl sites for hydroxylation is 1. The van der Waals surface area contributed by atoms with Crippen LogP contribution in [0.4, 0.5) is 0 Å². The summed E-state index contributed by atoms with van der Waals surface area (Å²) in [5.74, 6) is 0.257. The molecular formula is C14H10ClNO3S. The lowest BCUT2D eigenvalue weighted by molar-refractivity contribution is 0.484. The normalized spacial score (nSPS) is 10.8. The Bertz CT molecular complexity index is 794. The second kappa shape index (κ2) is 5.53. The van der Waals surface area contributed by atoms with Gasteiger partial charge < -0.3 is 4.18 Å². The zero-order valence-electron chi connectivity index (χ0n) is 10.5. The maximum Gasteiger partial charge on any atom is 0.339 e. The van der Waals surface area contributed by atoms with Crippen molar-refractivity contribution in [3.05, 3.63) is 58.6 Å². The van der Waals surface area contributed by atoms with E-state index < -0.39 is 10.1 Å². The van der Waals surface area contributed by atoms with Crippen LogP contribution in [0.15, 0.2) is 47.4 Å². The monoisotopic (exact) mass is 307 g/mol. The first-order chi connectivity index (χ1) is 9.44. The van der Waals surface area contributed by atoms with Gasteiger partial charge in [-0.1, -0.05) is 29.8 Å². The molecule has 0 fully saturated rings. The molecule has 0 radical (unpaired) electrons. The quantitative estimate of drug-likeness (QED) is 0.816. The molecule has 0 aromatic heterocycles. The lowest BCUT2D eigenvalue weighted by Crippen LogP contribution is -2.10. The van der Waals surface area contributed by atoms with Crippen molar-refractivity contribution < 1.29 is 12.6 Å². The third-order valence-electron chi connectivity index (χ3n) is 2.64. The van der Waals surface area contributed by atoms with Crippen LogP contribution in [-0.2, 0) is 10.1 Å². The largest absolute Gasteiger partial charge is 0.379 e. The second-order valence-corrected chi connectivity index (χ2v) is 6.01. The SMILES string of the molecule is Cc1ccccc1OS(=O)(=O)c1ccc(C#N)c(Cl)c1. The zero-order valence-corrected chi connectivity index (χ0v) is 12.1. The second-order valence-electron chi connectivity index (χ2n) is 4.06. The molecular weight excluding hydrogens is 298 g/mol. The number of rotatable bonds is 3. The van der Waals surface area contributed by atoms with Crippen LogP contribution in [-0.4, -0.2) is 8.42 Å². The molecule has 0 saturated heterocycles. The fourth-order valence-electron chi connectivity index (χ4n) is 1.56. The molecule has 0 heterocycles. The van der Waals surface area contributed by atoms with Crippen LogP contribution in [0.25, 0.3) is 0 Å². The van der Waals surface area contributed by atoms with Crippen molar-refractivity contribution in [2.45, 2.75) is 11.8 Å². The molecule has 0 aliphatic heterocycles. The minimum Gasteiger partial charge on any atom is -0.379 e. The van der Waals surface area contributed by atoms with E-state index in [4.69, 9.17) is 21.0 Å². The number of benzene rings is 2. The van der Waals surface area contributed by atoms with Gasteiger partial charge in [0.05, 0.1) is 10.6 Å². The number of hydrogen-bond donors (Lipinski definition) is 0. The molecule has 2 rings (SSSR count). The number of nitriles is 1. The van der Waals surface area contributed by atoms with Gasteiger partial charge in [-0.3, -0.25) is 0 Å². The average molecular weight is 308 g/mol. The molecule has 0 atom stereocenters. The van der Waals surface area contributed by atoms with E-state index in [0.717, 1.165) is 0 Å². The molecule has 20 heavy (non-hydrogen) atoms. The first-order valence-corrected chi connectivity index (χ1v) is 7.42. The number of halogens is 1. The lowest BCUT2D eigenvalue weighted by atomic mass is 10.2. The third kappa shape index (κ3) is 2.93. The van der Waals surface area contributed by atoms with E-state index in [9.17, 15) is 8.42 Å². The van der Waals surface area contributed by atoms with E-state index in [0.29, 0.717) is 5.56 Å². The Morgan fingerprint density at radius 3 is 2.50 bits per heavy atom. The van der Waals surface area contributed by atoms with Gasteiger partial charge in [0.15, 0.2) is 0 Å². The van der Waals surface area contributed by atoms with Gasteiger partial charge in [0, 0.05) is 0 Å². The van der Waals surface area contributed by atoms with E-state index in [1.807, 2.05) is 6.07 Å². The van der Waals surface area contributed by atoms with Crippen molar-refractivity contribution in [2.24, 2.45) is 0 Å². The van der Waals surface area contributed by atoms with E-state index in [2.05, 4.69) is 0 Å². The molecule has 0 spiro atoms. The van der Waals surface area contributed by atoms with Crippen LogP contribution < -0.4 is 4.18 Å². The number of nitrogens with zero attached hydrogens (tertiary/aromatic N) is 1. The van der Waals surface area contributed by atoms with Crippen molar-refractivity contribution in [3.63, 3.8) is 0 Å². The highest BCUT2D eigenvalue weighted by atomic mass is 35.5. The molecule has 0 bridgehead atoms. The van der Waals surface area contributed by atoms with Crippen molar-refractivity contribution in [1.82, 2.24) is 0 Å². The Morgan fingerprint density at radius 1 is 1.20 bits per heavy atom. The summed E-state index contributed by atoms with van der Waals surface area (Å²) in [7, 11) is -3.98. The standard InChI is InChI=1S/C14H10ClNO3S/c1-10-4-2-3-5-14(10)19-20(17,18)12-7-6-11(9-16)13(15)8-12/h2-8H,1H3. The highest BCUT2D eigenvalue weighted by Gasteiger charge is 2.19. The first kappa shape index (κ1) is 14.4. The molecule has 2 aromatic carbocycles. The van der Waals surface area contributed by atoms with Crippen LogP contribution in [0.3, 0.4) is 0 Å². The molecule has 0 unspecified atom stereocenters. The summed E-state index contributed by atoms with van der Waals surface area (Å²) in [6.45, 7) is 1.75. The van der Waals surface area contributed by atoms with Crippen LogP contribution in [0, 0.1) is 18.3 Å². The molecule has 0 aliphatic carbocycles. The van der Waals surface area contributed by atoms with Gasteiger partial charge in [0.2, 0.25) is 0 Å². The Kier molecular flexibility index (Phi) is 3.98. The summed E-state index contributed by atoms with van der Waals surface area (Å²) in [5, 5.41) is 8.84. The maximum absolute atomic E-state index is 12.1. The fourth-order valence-corrected chi connectivity index (χ4v) is 2.86. The lowest BCUT2D eigenvalue weighted by Gasteiger charge is -2.09. The van der Waals surface area contributed by atoms with Gasteiger partial charge in [-0.2, -0.15) is 13.7 Å². The Morgan fingerprint density at radius 2 is 1.90 bits per heavy atom. The molecule has 4 nitrogen and oxygen atoms in total. The summed E-state index contributed by atoms with van der Waals surface area (Å²) >= 11 is 5.83. The average Bonchev–Trinajstić information content (AvgIpc) is 2.41. The van der Waals surface area contributed by atoms with Crippen LogP contribution >= 0.6 is 11.6 Å². The zero-order chi connectivity index (χ0) is 14.8. The molecule has 0 saturated carbocycles. The molecule has 2 aromatic rings. The highest BCUT2D eigenvalue weighted by Crippen LogP contribution is 2.25. The van der Waals surface area contributed by atoms with Crippen LogP contribution in [0.1, 0.15) is 11.1 Å². The third-order valence-corrected chi connectivity index (χ3v) is 4.19. The van der Waals surface area contributed by atoms with Gasteiger partial charge in [-0.05, 0) is 36.8 Å². The Labute approximate surface area is 122 Å². The molecule has 0 amide bonds. The molecule has 0 N–H and O–H groups in total. The topological polar surface area (TPSA) is 67.2 Å². The predicted molar refractivity (Wildman–Crippen MR) is 75.2 cm³/mol. The highest BCUT2D eigenvalue weighted by molar-refractivity contribution is 7.87. The summed E-state index contributed by atoms with van der Waals surface area (Å²) in [6.07, 6.45) is 0. The van der Waals surface area contributed by atoms with Crippen molar-refractivity contribution >= 4 is 21.7 Å². The Balaban J connectivity index is 2.39.